The molecule has 0 bridgehead atoms. The SMILES string of the molecule is Cc1cccnc1CN(C)CC(N)=S. The molecule has 0 saturated heterocycles. The van der Waals surface area contributed by atoms with Gasteiger partial charge in [-0.15, -0.1) is 0 Å². The van der Waals surface area contributed by atoms with Crippen LogP contribution >= 0.6 is 12.2 Å². The van der Waals surface area contributed by atoms with Crippen LogP contribution in [0.4, 0.5) is 0 Å². The third-order valence-corrected chi connectivity index (χ3v) is 2.09. The molecule has 2 N–H and O–H groups in total. The Morgan fingerprint density at radius 1 is 1.64 bits per heavy atom. The molecule has 3 nitrogen and oxygen atoms in total. The van der Waals surface area contributed by atoms with Crippen LogP contribution in [0.3, 0.4) is 0 Å². The number of rotatable bonds is 4. The van der Waals surface area contributed by atoms with Gasteiger partial charge >= 0.3 is 0 Å². The Kier molecular flexibility index (Phi) is 3.98. The molecule has 1 aromatic heterocycles. The van der Waals surface area contributed by atoms with E-state index in [9.17, 15) is 0 Å². The minimum atomic E-state index is 0.515. The zero-order chi connectivity index (χ0) is 10.6. The predicted octanol–water partition coefficient (Wildman–Crippen LogP) is 1.11. The van der Waals surface area contributed by atoms with Gasteiger partial charge in [0, 0.05) is 19.3 Å². The van der Waals surface area contributed by atoms with Crippen LogP contribution in [0.25, 0.3) is 0 Å². The summed E-state index contributed by atoms with van der Waals surface area (Å²) in [4.78, 5) is 6.87. The summed E-state index contributed by atoms with van der Waals surface area (Å²) < 4.78 is 0. The highest BCUT2D eigenvalue weighted by Crippen LogP contribution is 2.05. The Balaban J connectivity index is 2.60. The van der Waals surface area contributed by atoms with Crippen molar-refractivity contribution in [2.75, 3.05) is 13.6 Å². The summed E-state index contributed by atoms with van der Waals surface area (Å²) in [5, 5.41) is 0. The van der Waals surface area contributed by atoms with E-state index in [2.05, 4.69) is 22.9 Å². The van der Waals surface area contributed by atoms with Crippen molar-refractivity contribution in [3.63, 3.8) is 0 Å². The van der Waals surface area contributed by atoms with Crippen molar-refractivity contribution in [3.8, 4) is 0 Å². The Morgan fingerprint density at radius 2 is 2.36 bits per heavy atom. The first-order valence-electron chi connectivity index (χ1n) is 4.47. The highest BCUT2D eigenvalue weighted by atomic mass is 32.1. The molecule has 1 heterocycles. The summed E-state index contributed by atoms with van der Waals surface area (Å²) in [5.41, 5.74) is 7.73. The first-order chi connectivity index (χ1) is 6.59. The summed E-state index contributed by atoms with van der Waals surface area (Å²) in [5.74, 6) is 0. The van der Waals surface area contributed by atoms with Crippen molar-refractivity contribution >= 4 is 17.2 Å². The maximum Gasteiger partial charge on any atom is 0.0870 e. The fourth-order valence-electron chi connectivity index (χ4n) is 1.26. The Labute approximate surface area is 89.9 Å². The van der Waals surface area contributed by atoms with Gasteiger partial charge in [-0.3, -0.25) is 9.88 Å². The fourth-order valence-corrected chi connectivity index (χ4v) is 1.48. The van der Waals surface area contributed by atoms with Crippen LogP contribution in [0.15, 0.2) is 18.3 Å². The number of hydrogen-bond acceptors (Lipinski definition) is 3. The summed E-state index contributed by atoms with van der Waals surface area (Å²) in [6.07, 6.45) is 1.80. The lowest BCUT2D eigenvalue weighted by Crippen LogP contribution is -2.29. The second-order valence-corrected chi connectivity index (χ2v) is 3.93. The lowest BCUT2D eigenvalue weighted by atomic mass is 10.2. The molecule has 76 valence electrons. The van der Waals surface area contributed by atoms with Crippen LogP contribution in [-0.4, -0.2) is 28.5 Å². The maximum atomic E-state index is 5.45. The van der Waals surface area contributed by atoms with E-state index in [4.69, 9.17) is 18.0 Å². The molecule has 0 amide bonds. The minimum Gasteiger partial charge on any atom is -0.392 e. The third kappa shape index (κ3) is 3.40. The summed E-state index contributed by atoms with van der Waals surface area (Å²) in [6, 6.07) is 3.99. The second kappa shape index (κ2) is 5.02. The number of nitrogens with two attached hydrogens (primary N) is 1. The monoisotopic (exact) mass is 209 g/mol. The van der Waals surface area contributed by atoms with Gasteiger partial charge in [-0.05, 0) is 25.6 Å². The zero-order valence-electron chi connectivity index (χ0n) is 8.53. The lowest BCUT2D eigenvalue weighted by molar-refractivity contribution is 0.368. The molecule has 0 aliphatic rings. The van der Waals surface area contributed by atoms with Gasteiger partial charge in [0.2, 0.25) is 0 Å². The lowest BCUT2D eigenvalue weighted by Gasteiger charge is -2.15. The van der Waals surface area contributed by atoms with E-state index in [1.54, 1.807) is 6.20 Å². The summed E-state index contributed by atoms with van der Waals surface area (Å²) >= 11 is 4.84. The molecule has 14 heavy (non-hydrogen) atoms. The van der Waals surface area contributed by atoms with E-state index in [-0.39, 0.29) is 0 Å². The Hall–Kier alpha value is -1.00. The first-order valence-corrected chi connectivity index (χ1v) is 4.87. The van der Waals surface area contributed by atoms with Crippen LogP contribution < -0.4 is 5.73 Å². The van der Waals surface area contributed by atoms with Crippen molar-refractivity contribution in [1.29, 1.82) is 0 Å². The molecular formula is C10H15N3S. The number of thiocarbonyl (C=S) groups is 1. The van der Waals surface area contributed by atoms with Crippen LogP contribution in [0.1, 0.15) is 11.3 Å². The molecule has 0 aliphatic heterocycles. The summed E-state index contributed by atoms with van der Waals surface area (Å²) in [6.45, 7) is 3.46. The van der Waals surface area contributed by atoms with E-state index in [0.717, 1.165) is 12.2 Å². The molecule has 0 fully saturated rings. The number of likely N-dealkylation sites (N-methyl/N-ethyl adjacent to an activating group) is 1. The minimum absolute atomic E-state index is 0.515. The third-order valence-electron chi connectivity index (χ3n) is 1.96. The number of hydrogen-bond donors (Lipinski definition) is 1. The number of pyridine rings is 1. The Bertz CT molecular complexity index is 325. The average molecular weight is 209 g/mol. The van der Waals surface area contributed by atoms with E-state index in [1.807, 2.05) is 13.1 Å². The highest BCUT2D eigenvalue weighted by Gasteiger charge is 2.04. The van der Waals surface area contributed by atoms with Crippen molar-refractivity contribution < 1.29 is 0 Å². The van der Waals surface area contributed by atoms with E-state index >= 15 is 0 Å². The fraction of sp³-hybridized carbons (Fsp3) is 0.400. The topological polar surface area (TPSA) is 42.2 Å². The first kappa shape index (κ1) is 11.1. The number of nitrogens with zero attached hydrogens (tertiary/aromatic N) is 2. The standard InChI is InChI=1S/C10H15N3S/c1-8-4-3-5-12-9(8)6-13(2)7-10(11)14/h3-5H,6-7H2,1-2H3,(H2,11,14). The highest BCUT2D eigenvalue weighted by molar-refractivity contribution is 7.80. The van der Waals surface area contributed by atoms with Gasteiger partial charge in [-0.1, -0.05) is 18.3 Å². The van der Waals surface area contributed by atoms with Gasteiger partial charge < -0.3 is 5.73 Å². The van der Waals surface area contributed by atoms with Crippen molar-refractivity contribution in [3.05, 3.63) is 29.6 Å². The molecule has 0 spiro atoms. The van der Waals surface area contributed by atoms with Crippen LogP contribution in [0, 0.1) is 6.92 Å². The summed E-state index contributed by atoms with van der Waals surface area (Å²) in [7, 11) is 1.98. The van der Waals surface area contributed by atoms with Crippen LogP contribution in [0.2, 0.25) is 0 Å². The van der Waals surface area contributed by atoms with Gasteiger partial charge in [-0.2, -0.15) is 0 Å². The molecular weight excluding hydrogens is 194 g/mol. The normalized spacial score (nSPS) is 10.5. The van der Waals surface area contributed by atoms with Crippen molar-refractivity contribution in [2.45, 2.75) is 13.5 Å². The van der Waals surface area contributed by atoms with E-state index in [0.29, 0.717) is 11.5 Å². The van der Waals surface area contributed by atoms with Crippen molar-refractivity contribution in [2.24, 2.45) is 5.73 Å². The smallest absolute Gasteiger partial charge is 0.0870 e. The number of aromatic nitrogens is 1. The molecule has 0 aliphatic carbocycles. The number of aryl methyl sites for hydroxylation is 1. The molecule has 1 rings (SSSR count). The molecule has 1 aromatic rings. The van der Waals surface area contributed by atoms with E-state index < -0.39 is 0 Å². The predicted molar refractivity (Wildman–Crippen MR) is 62.1 cm³/mol. The molecule has 0 aromatic carbocycles. The zero-order valence-corrected chi connectivity index (χ0v) is 9.34. The second-order valence-electron chi connectivity index (χ2n) is 3.41. The molecule has 0 unspecified atom stereocenters. The quantitative estimate of drug-likeness (QED) is 0.754. The van der Waals surface area contributed by atoms with E-state index in [1.165, 1.54) is 5.56 Å². The van der Waals surface area contributed by atoms with Crippen LogP contribution in [0.5, 0.6) is 0 Å². The average Bonchev–Trinajstić information content (AvgIpc) is 2.07. The van der Waals surface area contributed by atoms with Crippen LogP contribution in [-0.2, 0) is 6.54 Å². The molecule has 0 atom stereocenters. The van der Waals surface area contributed by atoms with Gasteiger partial charge in [0.1, 0.15) is 0 Å². The van der Waals surface area contributed by atoms with Gasteiger partial charge in [0.05, 0.1) is 10.7 Å². The van der Waals surface area contributed by atoms with Gasteiger partial charge in [0.25, 0.3) is 0 Å². The molecule has 4 heteroatoms. The molecule has 0 radical (unpaired) electrons. The van der Waals surface area contributed by atoms with Crippen molar-refractivity contribution in [1.82, 2.24) is 9.88 Å². The molecule has 0 saturated carbocycles. The Morgan fingerprint density at radius 3 is 2.93 bits per heavy atom. The largest absolute Gasteiger partial charge is 0.392 e. The maximum absolute atomic E-state index is 5.45. The van der Waals surface area contributed by atoms with Gasteiger partial charge in [0.15, 0.2) is 0 Å². The van der Waals surface area contributed by atoms with Gasteiger partial charge in [-0.25, -0.2) is 0 Å².